The molecule has 2 atom stereocenters. The summed E-state index contributed by atoms with van der Waals surface area (Å²) < 4.78 is 7.37. The molecule has 0 saturated heterocycles. The number of ether oxygens (including phenoxy) is 1. The third-order valence-electron chi connectivity index (χ3n) is 3.83. The second-order valence-corrected chi connectivity index (χ2v) is 6.16. The van der Waals surface area contributed by atoms with Crippen LogP contribution in [-0.4, -0.2) is 21.4 Å². The number of halogens is 1. The third kappa shape index (κ3) is 2.34. The maximum Gasteiger partial charge on any atom is 0.251 e. The molecule has 1 aromatic heterocycles. The summed E-state index contributed by atoms with van der Waals surface area (Å²) in [5, 5.41) is 11.2. The van der Waals surface area contributed by atoms with Gasteiger partial charge in [0.1, 0.15) is 17.5 Å². The molecule has 2 heterocycles. The Bertz CT molecular complexity index is 738. The first-order valence-corrected chi connectivity index (χ1v) is 7.11. The van der Waals surface area contributed by atoms with Gasteiger partial charge in [0.2, 0.25) is 0 Å². The standard InChI is InChI=1S/C16H16ClNO3/c1-16(2)15(20)14(18-8-4-3-5-13(18)19)11-9-10(17)6-7-12(11)21-16/h3-9,14-15,20H,1-2H3/t14-,15+/m1/s1. The number of benzene rings is 1. The number of hydrogen-bond acceptors (Lipinski definition) is 3. The number of hydrogen-bond donors (Lipinski definition) is 1. The highest BCUT2D eigenvalue weighted by Crippen LogP contribution is 2.42. The molecule has 1 N–H and O–H groups in total. The van der Waals surface area contributed by atoms with Gasteiger partial charge in [-0.25, -0.2) is 0 Å². The van der Waals surface area contributed by atoms with Crippen molar-refractivity contribution in [1.29, 1.82) is 0 Å². The van der Waals surface area contributed by atoms with Crippen molar-refractivity contribution in [2.24, 2.45) is 0 Å². The minimum Gasteiger partial charge on any atom is -0.485 e. The largest absolute Gasteiger partial charge is 0.485 e. The van der Waals surface area contributed by atoms with Crippen molar-refractivity contribution in [2.45, 2.75) is 31.6 Å². The third-order valence-corrected chi connectivity index (χ3v) is 4.06. The molecule has 2 aromatic rings. The van der Waals surface area contributed by atoms with Crippen LogP contribution in [0.2, 0.25) is 5.02 Å². The quantitative estimate of drug-likeness (QED) is 0.881. The highest BCUT2D eigenvalue weighted by Gasteiger charge is 2.44. The Morgan fingerprint density at radius 3 is 2.76 bits per heavy atom. The molecule has 1 aliphatic rings. The topological polar surface area (TPSA) is 51.5 Å². The molecule has 0 unspecified atom stereocenters. The molecule has 0 radical (unpaired) electrons. The van der Waals surface area contributed by atoms with Gasteiger partial charge in [-0.05, 0) is 38.1 Å². The van der Waals surface area contributed by atoms with Crippen LogP contribution in [0.5, 0.6) is 5.75 Å². The van der Waals surface area contributed by atoms with Crippen molar-refractivity contribution in [3.63, 3.8) is 0 Å². The molecular weight excluding hydrogens is 290 g/mol. The summed E-state index contributed by atoms with van der Waals surface area (Å²) in [6, 6.07) is 9.62. The predicted molar refractivity (Wildman–Crippen MR) is 81.0 cm³/mol. The Hall–Kier alpha value is -1.78. The van der Waals surface area contributed by atoms with Crippen LogP contribution in [0.1, 0.15) is 25.5 Å². The van der Waals surface area contributed by atoms with Gasteiger partial charge in [0.05, 0.1) is 6.04 Å². The van der Waals surface area contributed by atoms with Crippen LogP contribution < -0.4 is 10.3 Å². The molecule has 21 heavy (non-hydrogen) atoms. The van der Waals surface area contributed by atoms with Gasteiger partial charge >= 0.3 is 0 Å². The Kier molecular flexibility index (Phi) is 3.30. The Morgan fingerprint density at radius 1 is 1.29 bits per heavy atom. The summed E-state index contributed by atoms with van der Waals surface area (Å²) in [6.45, 7) is 3.60. The average Bonchev–Trinajstić information content (AvgIpc) is 2.42. The summed E-state index contributed by atoms with van der Waals surface area (Å²) in [7, 11) is 0. The maximum atomic E-state index is 12.1. The van der Waals surface area contributed by atoms with Crippen LogP contribution >= 0.6 is 11.6 Å². The fraction of sp³-hybridized carbons (Fsp3) is 0.312. The van der Waals surface area contributed by atoms with Gasteiger partial charge in [-0.2, -0.15) is 0 Å². The van der Waals surface area contributed by atoms with Crippen LogP contribution in [-0.2, 0) is 0 Å². The highest BCUT2D eigenvalue weighted by molar-refractivity contribution is 6.30. The van der Waals surface area contributed by atoms with Gasteiger partial charge in [-0.3, -0.25) is 4.79 Å². The number of nitrogens with zero attached hydrogens (tertiary/aromatic N) is 1. The number of aromatic nitrogens is 1. The summed E-state index contributed by atoms with van der Waals surface area (Å²) in [6.07, 6.45) is 0.797. The van der Waals surface area contributed by atoms with Gasteiger partial charge in [-0.1, -0.05) is 17.7 Å². The number of pyridine rings is 1. The molecule has 0 aliphatic carbocycles. The molecule has 0 bridgehead atoms. The van der Waals surface area contributed by atoms with Crippen LogP contribution in [0.25, 0.3) is 0 Å². The lowest BCUT2D eigenvalue weighted by atomic mass is 9.86. The van der Waals surface area contributed by atoms with Crippen molar-refractivity contribution < 1.29 is 9.84 Å². The van der Waals surface area contributed by atoms with Crippen LogP contribution in [0.3, 0.4) is 0 Å². The minimum absolute atomic E-state index is 0.176. The molecular formula is C16H16ClNO3. The van der Waals surface area contributed by atoms with Crippen molar-refractivity contribution in [2.75, 3.05) is 0 Å². The van der Waals surface area contributed by atoms with Gasteiger partial charge in [-0.15, -0.1) is 0 Å². The van der Waals surface area contributed by atoms with Crippen LogP contribution in [0, 0.1) is 0 Å². The molecule has 0 saturated carbocycles. The van der Waals surface area contributed by atoms with E-state index in [9.17, 15) is 9.90 Å². The first kappa shape index (κ1) is 14.2. The Balaban J connectivity index is 2.25. The van der Waals surface area contributed by atoms with Gasteiger partial charge in [0, 0.05) is 22.8 Å². The zero-order valence-corrected chi connectivity index (χ0v) is 12.5. The summed E-state index contributed by atoms with van der Waals surface area (Å²) in [4.78, 5) is 12.1. The number of fused-ring (bicyclic) bond motifs is 1. The van der Waals surface area contributed by atoms with Crippen molar-refractivity contribution in [3.8, 4) is 5.75 Å². The van der Waals surface area contributed by atoms with E-state index in [0.29, 0.717) is 16.3 Å². The molecule has 3 rings (SSSR count). The lowest BCUT2D eigenvalue weighted by Gasteiger charge is -2.42. The molecule has 1 aromatic carbocycles. The molecule has 4 nitrogen and oxygen atoms in total. The van der Waals surface area contributed by atoms with E-state index in [-0.39, 0.29) is 5.56 Å². The SMILES string of the molecule is CC1(C)Oc2ccc(Cl)cc2[C@@H](n2ccccc2=O)[C@@H]1O. The van der Waals surface area contributed by atoms with E-state index in [4.69, 9.17) is 16.3 Å². The van der Waals surface area contributed by atoms with E-state index >= 15 is 0 Å². The number of aliphatic hydroxyl groups excluding tert-OH is 1. The second kappa shape index (κ2) is 4.90. The molecule has 0 amide bonds. The molecule has 0 fully saturated rings. The Morgan fingerprint density at radius 2 is 2.05 bits per heavy atom. The van der Waals surface area contributed by atoms with E-state index in [1.165, 1.54) is 10.6 Å². The van der Waals surface area contributed by atoms with E-state index < -0.39 is 17.7 Å². The predicted octanol–water partition coefficient (Wildman–Crippen LogP) is 2.62. The summed E-state index contributed by atoms with van der Waals surface area (Å²) >= 11 is 6.06. The normalized spacial score (nSPS) is 23.2. The van der Waals surface area contributed by atoms with Crippen molar-refractivity contribution >= 4 is 11.6 Å². The summed E-state index contributed by atoms with van der Waals surface area (Å²) in [5.74, 6) is 0.635. The minimum atomic E-state index is -0.872. The van der Waals surface area contributed by atoms with E-state index in [2.05, 4.69) is 0 Å². The Labute approximate surface area is 127 Å². The molecule has 0 spiro atoms. The fourth-order valence-electron chi connectivity index (χ4n) is 2.71. The molecule has 1 aliphatic heterocycles. The van der Waals surface area contributed by atoms with Gasteiger partial charge in [0.25, 0.3) is 5.56 Å². The fourth-order valence-corrected chi connectivity index (χ4v) is 2.89. The van der Waals surface area contributed by atoms with E-state index in [1.807, 2.05) is 0 Å². The van der Waals surface area contributed by atoms with Gasteiger partial charge in [0.15, 0.2) is 0 Å². The van der Waals surface area contributed by atoms with Crippen LogP contribution in [0.15, 0.2) is 47.4 Å². The van der Waals surface area contributed by atoms with E-state index in [0.717, 1.165) is 0 Å². The lowest BCUT2D eigenvalue weighted by molar-refractivity contribution is -0.0642. The summed E-state index contributed by atoms with van der Waals surface area (Å²) in [5.41, 5.74) is -0.270. The number of rotatable bonds is 1. The van der Waals surface area contributed by atoms with Gasteiger partial charge < -0.3 is 14.4 Å². The zero-order valence-electron chi connectivity index (χ0n) is 11.8. The average molecular weight is 306 g/mol. The highest BCUT2D eigenvalue weighted by atomic mass is 35.5. The molecule has 5 heteroatoms. The maximum absolute atomic E-state index is 12.1. The first-order valence-electron chi connectivity index (χ1n) is 6.74. The van der Waals surface area contributed by atoms with Crippen molar-refractivity contribution in [1.82, 2.24) is 4.57 Å². The van der Waals surface area contributed by atoms with Crippen molar-refractivity contribution in [3.05, 3.63) is 63.5 Å². The second-order valence-electron chi connectivity index (χ2n) is 5.72. The lowest BCUT2D eigenvalue weighted by Crippen LogP contribution is -2.52. The van der Waals surface area contributed by atoms with E-state index in [1.54, 1.807) is 50.4 Å². The monoisotopic (exact) mass is 305 g/mol. The molecule has 110 valence electrons. The smallest absolute Gasteiger partial charge is 0.251 e. The first-order chi connectivity index (χ1) is 9.90. The number of aliphatic hydroxyl groups is 1. The van der Waals surface area contributed by atoms with Crippen LogP contribution in [0.4, 0.5) is 0 Å². The zero-order chi connectivity index (χ0) is 15.2.